The van der Waals surface area contributed by atoms with Gasteiger partial charge in [0.2, 0.25) is 0 Å². The average Bonchev–Trinajstić information content (AvgIpc) is 3.30. The molecule has 5 rings (SSSR count). The second-order valence-electron chi connectivity index (χ2n) is 8.06. The first kappa shape index (κ1) is 21.8. The number of nitrogens with one attached hydrogen (secondary N) is 1. The van der Waals surface area contributed by atoms with Crippen LogP contribution in [0.1, 0.15) is 34.7 Å². The molecular formula is C26H22BrFN4S. The Morgan fingerprint density at radius 3 is 2.36 bits per heavy atom. The van der Waals surface area contributed by atoms with E-state index in [9.17, 15) is 4.39 Å². The molecule has 0 bridgehead atoms. The SMILES string of the molecule is Cc1cc([C@H]2[C@@H](c3ccccn3)NC(=S)N2c2ccccc2F)c(C)n1-c1ccccc1Br. The van der Waals surface area contributed by atoms with Crippen LogP contribution in [0.3, 0.4) is 0 Å². The summed E-state index contributed by atoms with van der Waals surface area (Å²) in [5, 5.41) is 3.89. The minimum atomic E-state index is -0.312. The second kappa shape index (κ2) is 8.72. The van der Waals surface area contributed by atoms with E-state index in [1.165, 1.54) is 6.07 Å². The van der Waals surface area contributed by atoms with Gasteiger partial charge in [0.1, 0.15) is 5.82 Å². The molecule has 1 saturated heterocycles. The molecule has 0 saturated carbocycles. The normalized spacial score (nSPS) is 17.9. The van der Waals surface area contributed by atoms with E-state index < -0.39 is 0 Å². The molecule has 0 aliphatic carbocycles. The van der Waals surface area contributed by atoms with E-state index in [2.05, 4.69) is 56.8 Å². The number of rotatable bonds is 4. The van der Waals surface area contributed by atoms with Gasteiger partial charge in [0.05, 0.1) is 29.2 Å². The highest BCUT2D eigenvalue weighted by Gasteiger charge is 2.43. The summed E-state index contributed by atoms with van der Waals surface area (Å²) >= 11 is 9.43. The number of pyridine rings is 1. The lowest BCUT2D eigenvalue weighted by Gasteiger charge is -2.28. The van der Waals surface area contributed by atoms with E-state index in [-0.39, 0.29) is 17.9 Å². The van der Waals surface area contributed by atoms with E-state index in [0.29, 0.717) is 10.8 Å². The molecule has 1 fully saturated rings. The van der Waals surface area contributed by atoms with Gasteiger partial charge in [-0.05, 0) is 90.0 Å². The molecule has 33 heavy (non-hydrogen) atoms. The number of aromatic nitrogens is 2. The minimum Gasteiger partial charge on any atom is -0.351 e. The van der Waals surface area contributed by atoms with Crippen LogP contribution in [0.5, 0.6) is 0 Å². The van der Waals surface area contributed by atoms with Gasteiger partial charge in [-0.2, -0.15) is 0 Å². The third-order valence-electron chi connectivity index (χ3n) is 6.09. The van der Waals surface area contributed by atoms with Gasteiger partial charge in [-0.3, -0.25) is 4.98 Å². The minimum absolute atomic E-state index is 0.230. The van der Waals surface area contributed by atoms with Crippen LogP contribution < -0.4 is 10.2 Å². The fraction of sp³-hybridized carbons (Fsp3) is 0.154. The van der Waals surface area contributed by atoms with E-state index in [0.717, 1.165) is 32.8 Å². The van der Waals surface area contributed by atoms with Crippen molar-refractivity contribution in [2.45, 2.75) is 25.9 Å². The van der Waals surface area contributed by atoms with Crippen molar-refractivity contribution in [1.82, 2.24) is 14.9 Å². The van der Waals surface area contributed by atoms with Crippen molar-refractivity contribution >= 4 is 38.9 Å². The molecule has 2 atom stereocenters. The average molecular weight is 521 g/mol. The lowest BCUT2D eigenvalue weighted by molar-refractivity contribution is 0.556. The number of hydrogen-bond acceptors (Lipinski definition) is 2. The van der Waals surface area contributed by atoms with Gasteiger partial charge in [-0.15, -0.1) is 0 Å². The van der Waals surface area contributed by atoms with Crippen LogP contribution in [0.25, 0.3) is 5.69 Å². The number of thiocarbonyl (C=S) groups is 1. The first-order chi connectivity index (χ1) is 16.0. The van der Waals surface area contributed by atoms with Crippen molar-refractivity contribution in [2.24, 2.45) is 0 Å². The van der Waals surface area contributed by atoms with Crippen LogP contribution in [0.2, 0.25) is 0 Å². The molecular weight excluding hydrogens is 499 g/mol. The summed E-state index contributed by atoms with van der Waals surface area (Å²) < 4.78 is 18.2. The molecule has 0 unspecified atom stereocenters. The summed E-state index contributed by atoms with van der Waals surface area (Å²) in [7, 11) is 0. The smallest absolute Gasteiger partial charge is 0.174 e. The van der Waals surface area contributed by atoms with E-state index in [4.69, 9.17) is 12.2 Å². The maximum atomic E-state index is 15.0. The van der Waals surface area contributed by atoms with Crippen molar-refractivity contribution in [3.63, 3.8) is 0 Å². The molecule has 166 valence electrons. The van der Waals surface area contributed by atoms with Gasteiger partial charge in [0.15, 0.2) is 5.11 Å². The maximum Gasteiger partial charge on any atom is 0.174 e. The van der Waals surface area contributed by atoms with Crippen molar-refractivity contribution in [1.29, 1.82) is 0 Å². The summed E-state index contributed by atoms with van der Waals surface area (Å²) in [4.78, 5) is 6.48. The van der Waals surface area contributed by atoms with Crippen molar-refractivity contribution < 1.29 is 4.39 Å². The summed E-state index contributed by atoms with van der Waals surface area (Å²) in [5.74, 6) is -0.312. The molecule has 0 amide bonds. The van der Waals surface area contributed by atoms with Crippen molar-refractivity contribution in [3.8, 4) is 5.69 Å². The number of halogens is 2. The van der Waals surface area contributed by atoms with Gasteiger partial charge >= 0.3 is 0 Å². The summed E-state index contributed by atoms with van der Waals surface area (Å²) in [6, 6.07) is 22.4. The fourth-order valence-corrected chi connectivity index (χ4v) is 5.47. The predicted octanol–water partition coefficient (Wildman–Crippen LogP) is 6.57. The van der Waals surface area contributed by atoms with Gasteiger partial charge in [0.25, 0.3) is 0 Å². The van der Waals surface area contributed by atoms with Crippen LogP contribution in [0, 0.1) is 19.7 Å². The zero-order chi connectivity index (χ0) is 23.1. The topological polar surface area (TPSA) is 33.1 Å². The highest BCUT2D eigenvalue weighted by Crippen LogP contribution is 2.44. The van der Waals surface area contributed by atoms with Crippen LogP contribution in [-0.4, -0.2) is 14.7 Å². The third-order valence-corrected chi connectivity index (χ3v) is 7.08. The highest BCUT2D eigenvalue weighted by molar-refractivity contribution is 9.10. The summed E-state index contributed by atoms with van der Waals surface area (Å²) in [6.45, 7) is 4.18. The number of nitrogens with zero attached hydrogens (tertiary/aromatic N) is 3. The van der Waals surface area contributed by atoms with Crippen LogP contribution in [0.15, 0.2) is 83.5 Å². The molecule has 1 aliphatic heterocycles. The highest BCUT2D eigenvalue weighted by atomic mass is 79.9. The Labute approximate surface area is 206 Å². The maximum absolute atomic E-state index is 15.0. The third kappa shape index (κ3) is 3.75. The Balaban J connectivity index is 1.71. The molecule has 2 aromatic heterocycles. The quantitative estimate of drug-likeness (QED) is 0.308. The molecule has 3 heterocycles. The number of hydrogen-bond donors (Lipinski definition) is 1. The largest absolute Gasteiger partial charge is 0.351 e. The number of aryl methyl sites for hydroxylation is 1. The molecule has 4 nitrogen and oxygen atoms in total. The molecule has 1 N–H and O–H groups in total. The van der Waals surface area contributed by atoms with Gasteiger partial charge in [-0.25, -0.2) is 4.39 Å². The number of para-hydroxylation sites is 2. The van der Waals surface area contributed by atoms with Crippen LogP contribution in [0.4, 0.5) is 10.1 Å². The molecule has 4 aromatic rings. The Kier molecular flexibility index (Phi) is 5.76. The number of benzene rings is 2. The monoisotopic (exact) mass is 520 g/mol. The van der Waals surface area contributed by atoms with Crippen molar-refractivity contribution in [3.05, 3.63) is 112 Å². The van der Waals surface area contributed by atoms with E-state index in [1.807, 2.05) is 47.4 Å². The predicted molar refractivity (Wildman–Crippen MR) is 137 cm³/mol. The molecule has 7 heteroatoms. The fourth-order valence-electron chi connectivity index (χ4n) is 4.67. The van der Waals surface area contributed by atoms with Crippen LogP contribution >= 0.6 is 28.1 Å². The Morgan fingerprint density at radius 1 is 0.970 bits per heavy atom. The lowest BCUT2D eigenvalue weighted by Crippen LogP contribution is -2.30. The standard InChI is InChI=1S/C26H22BrFN4S/c1-16-15-18(17(2)31(16)22-12-5-3-9-19(22)27)25-24(21-11-7-8-14-29-21)30-26(33)32(25)23-13-6-4-10-20(23)28/h3-15,24-25H,1-2H3,(H,30,33)/t24-,25+/m1/s1. The Bertz CT molecular complexity index is 1340. The molecule has 1 aliphatic rings. The van der Waals surface area contributed by atoms with Gasteiger partial charge in [0, 0.05) is 22.1 Å². The zero-order valence-corrected chi connectivity index (χ0v) is 20.6. The Hall–Kier alpha value is -3.03. The van der Waals surface area contributed by atoms with E-state index >= 15 is 0 Å². The van der Waals surface area contributed by atoms with Gasteiger partial charge in [-0.1, -0.05) is 30.3 Å². The van der Waals surface area contributed by atoms with Crippen molar-refractivity contribution in [2.75, 3.05) is 4.90 Å². The molecule has 0 radical (unpaired) electrons. The molecule has 0 spiro atoms. The first-order valence-electron chi connectivity index (χ1n) is 10.7. The second-order valence-corrected chi connectivity index (χ2v) is 9.30. The van der Waals surface area contributed by atoms with E-state index in [1.54, 1.807) is 18.3 Å². The first-order valence-corrected chi connectivity index (χ1v) is 11.9. The lowest BCUT2D eigenvalue weighted by atomic mass is 9.96. The zero-order valence-electron chi connectivity index (χ0n) is 18.2. The Morgan fingerprint density at radius 2 is 1.67 bits per heavy atom. The van der Waals surface area contributed by atoms with Crippen LogP contribution in [-0.2, 0) is 0 Å². The summed E-state index contributed by atoms with van der Waals surface area (Å²) in [5.41, 5.74) is 5.57. The number of anilines is 1. The summed E-state index contributed by atoms with van der Waals surface area (Å²) in [6.07, 6.45) is 1.77. The van der Waals surface area contributed by atoms with Gasteiger partial charge < -0.3 is 14.8 Å². The molecule has 2 aromatic carbocycles.